The minimum absolute atomic E-state index is 0.0230. The fraction of sp³-hybridized carbons (Fsp3) is 0.348. The van der Waals surface area contributed by atoms with Gasteiger partial charge in [-0.25, -0.2) is 0 Å². The molecule has 2 N–H and O–H groups in total. The summed E-state index contributed by atoms with van der Waals surface area (Å²) in [5.74, 6) is 0.770. The highest BCUT2D eigenvalue weighted by atomic mass is 16.5. The number of allylic oxidation sites excluding steroid dienone is 1. The van der Waals surface area contributed by atoms with Crippen LogP contribution in [0.5, 0.6) is 5.75 Å². The first kappa shape index (κ1) is 19.0. The Morgan fingerprint density at radius 3 is 2.41 bits per heavy atom. The molecule has 0 atom stereocenters. The van der Waals surface area contributed by atoms with Crippen LogP contribution in [0.25, 0.3) is 0 Å². The van der Waals surface area contributed by atoms with E-state index in [1.165, 1.54) is 25.7 Å². The molecule has 4 nitrogen and oxygen atoms in total. The molecule has 0 radical (unpaired) electrons. The predicted octanol–water partition coefficient (Wildman–Crippen LogP) is 5.18. The van der Waals surface area contributed by atoms with Gasteiger partial charge in [-0.05, 0) is 74.1 Å². The summed E-state index contributed by atoms with van der Waals surface area (Å²) < 4.78 is 5.13. The van der Waals surface area contributed by atoms with Gasteiger partial charge in [-0.2, -0.15) is 0 Å². The highest BCUT2D eigenvalue weighted by Crippen LogP contribution is 2.20. The fourth-order valence-corrected chi connectivity index (χ4v) is 3.30. The van der Waals surface area contributed by atoms with E-state index < -0.39 is 0 Å². The Labute approximate surface area is 161 Å². The van der Waals surface area contributed by atoms with E-state index in [-0.39, 0.29) is 5.91 Å². The van der Waals surface area contributed by atoms with Crippen LogP contribution in [0.2, 0.25) is 0 Å². The normalized spacial score (nSPS) is 13.6. The van der Waals surface area contributed by atoms with Crippen LogP contribution in [-0.4, -0.2) is 19.6 Å². The topological polar surface area (TPSA) is 50.4 Å². The summed E-state index contributed by atoms with van der Waals surface area (Å²) in [5, 5.41) is 6.40. The van der Waals surface area contributed by atoms with Crippen molar-refractivity contribution in [2.45, 2.75) is 38.5 Å². The molecular formula is C23H28N2O2. The Hall–Kier alpha value is -2.75. The molecule has 0 unspecified atom stereocenters. The number of benzene rings is 2. The third-order valence-corrected chi connectivity index (χ3v) is 4.85. The molecule has 142 valence electrons. The van der Waals surface area contributed by atoms with Crippen molar-refractivity contribution in [3.05, 3.63) is 65.7 Å². The van der Waals surface area contributed by atoms with Gasteiger partial charge < -0.3 is 15.4 Å². The average molecular weight is 364 g/mol. The Morgan fingerprint density at radius 2 is 1.74 bits per heavy atom. The molecule has 27 heavy (non-hydrogen) atoms. The Bertz CT molecular complexity index is 764. The van der Waals surface area contributed by atoms with Crippen LogP contribution < -0.4 is 15.4 Å². The van der Waals surface area contributed by atoms with E-state index in [4.69, 9.17) is 4.74 Å². The molecule has 4 heteroatoms. The molecule has 0 bridgehead atoms. The van der Waals surface area contributed by atoms with Gasteiger partial charge in [0.15, 0.2) is 0 Å². The first-order chi connectivity index (χ1) is 13.2. The maximum atomic E-state index is 12.2. The third kappa shape index (κ3) is 6.17. The smallest absolute Gasteiger partial charge is 0.228 e. The Morgan fingerprint density at radius 1 is 1.00 bits per heavy atom. The highest BCUT2D eigenvalue weighted by molar-refractivity contribution is 5.92. The van der Waals surface area contributed by atoms with Crippen LogP contribution in [0.3, 0.4) is 0 Å². The number of anilines is 2. The number of carbonyl (C=O) groups is 1. The lowest BCUT2D eigenvalue weighted by Gasteiger charge is -2.13. The summed E-state index contributed by atoms with van der Waals surface area (Å²) in [5.41, 5.74) is 4.44. The fourth-order valence-electron chi connectivity index (χ4n) is 3.30. The first-order valence-electron chi connectivity index (χ1n) is 9.67. The molecule has 0 heterocycles. The van der Waals surface area contributed by atoms with Crippen LogP contribution in [-0.2, 0) is 11.2 Å². The van der Waals surface area contributed by atoms with E-state index in [9.17, 15) is 4.79 Å². The lowest BCUT2D eigenvalue weighted by Crippen LogP contribution is -2.14. The second kappa shape index (κ2) is 9.81. The van der Waals surface area contributed by atoms with Crippen molar-refractivity contribution in [2.75, 3.05) is 24.3 Å². The van der Waals surface area contributed by atoms with E-state index in [1.807, 2.05) is 48.5 Å². The number of hydrogen-bond donors (Lipinski definition) is 2. The van der Waals surface area contributed by atoms with Gasteiger partial charge >= 0.3 is 0 Å². The highest BCUT2D eigenvalue weighted by Gasteiger charge is 2.06. The Kier molecular flexibility index (Phi) is 6.91. The number of methoxy groups -OCH3 is 1. The number of carbonyl (C=O) groups excluding carboxylic acids is 1. The maximum Gasteiger partial charge on any atom is 0.228 e. The van der Waals surface area contributed by atoms with E-state index in [1.54, 1.807) is 12.7 Å². The van der Waals surface area contributed by atoms with Crippen molar-refractivity contribution in [3.63, 3.8) is 0 Å². The SMILES string of the molecule is COc1ccc(CC(=O)Nc2ccc(NCCC3=CCCCC3)cc2)cc1. The molecule has 0 aliphatic heterocycles. The zero-order valence-electron chi connectivity index (χ0n) is 16.0. The molecule has 1 aliphatic carbocycles. The van der Waals surface area contributed by atoms with E-state index in [2.05, 4.69) is 16.7 Å². The van der Waals surface area contributed by atoms with Crippen LogP contribution in [0.15, 0.2) is 60.2 Å². The van der Waals surface area contributed by atoms with E-state index in [0.717, 1.165) is 35.7 Å². The van der Waals surface area contributed by atoms with Crippen molar-refractivity contribution in [1.29, 1.82) is 0 Å². The van der Waals surface area contributed by atoms with Gasteiger partial charge in [0.2, 0.25) is 5.91 Å². The molecule has 0 saturated heterocycles. The van der Waals surface area contributed by atoms with Crippen molar-refractivity contribution < 1.29 is 9.53 Å². The van der Waals surface area contributed by atoms with E-state index >= 15 is 0 Å². The van der Waals surface area contributed by atoms with Crippen molar-refractivity contribution in [2.24, 2.45) is 0 Å². The molecule has 0 aromatic heterocycles. The quantitative estimate of drug-likeness (QED) is 0.635. The molecule has 0 spiro atoms. The minimum Gasteiger partial charge on any atom is -0.497 e. The summed E-state index contributed by atoms with van der Waals surface area (Å²) in [7, 11) is 1.63. The van der Waals surface area contributed by atoms with Crippen LogP contribution in [0.1, 0.15) is 37.7 Å². The number of ether oxygens (including phenoxy) is 1. The molecule has 0 saturated carbocycles. The summed E-state index contributed by atoms with van der Waals surface area (Å²) in [4.78, 5) is 12.2. The van der Waals surface area contributed by atoms with Gasteiger partial charge in [0, 0.05) is 17.9 Å². The number of amides is 1. The third-order valence-electron chi connectivity index (χ3n) is 4.85. The van der Waals surface area contributed by atoms with Gasteiger partial charge in [0.25, 0.3) is 0 Å². The van der Waals surface area contributed by atoms with Gasteiger partial charge in [-0.1, -0.05) is 23.8 Å². The zero-order chi connectivity index (χ0) is 18.9. The monoisotopic (exact) mass is 364 g/mol. The van der Waals surface area contributed by atoms with Crippen LogP contribution in [0.4, 0.5) is 11.4 Å². The van der Waals surface area contributed by atoms with Gasteiger partial charge in [0.05, 0.1) is 13.5 Å². The number of nitrogens with one attached hydrogen (secondary N) is 2. The average Bonchev–Trinajstić information content (AvgIpc) is 2.71. The van der Waals surface area contributed by atoms with Crippen molar-refractivity contribution in [1.82, 2.24) is 0 Å². The van der Waals surface area contributed by atoms with Gasteiger partial charge in [-0.3, -0.25) is 4.79 Å². The standard InChI is InChI=1S/C23H28N2O2/c1-27-22-13-7-19(8-14-22)17-23(26)25-21-11-9-20(10-12-21)24-16-15-18-5-3-2-4-6-18/h5,7-14,24H,2-4,6,15-17H2,1H3,(H,25,26). The summed E-state index contributed by atoms with van der Waals surface area (Å²) >= 11 is 0. The molecule has 0 fully saturated rings. The summed E-state index contributed by atoms with van der Waals surface area (Å²) in [6.45, 7) is 0.953. The lowest BCUT2D eigenvalue weighted by molar-refractivity contribution is -0.115. The van der Waals surface area contributed by atoms with Crippen LogP contribution >= 0.6 is 0 Å². The first-order valence-corrected chi connectivity index (χ1v) is 9.67. The second-order valence-electron chi connectivity index (χ2n) is 6.94. The van der Waals surface area contributed by atoms with E-state index in [0.29, 0.717) is 6.42 Å². The second-order valence-corrected chi connectivity index (χ2v) is 6.94. The summed E-state index contributed by atoms with van der Waals surface area (Å²) in [6, 6.07) is 15.5. The van der Waals surface area contributed by atoms with Gasteiger partial charge in [0.1, 0.15) is 5.75 Å². The molecular weight excluding hydrogens is 336 g/mol. The maximum absolute atomic E-state index is 12.2. The molecule has 2 aromatic carbocycles. The molecule has 2 aromatic rings. The number of rotatable bonds is 8. The van der Waals surface area contributed by atoms with Crippen molar-refractivity contribution >= 4 is 17.3 Å². The predicted molar refractivity (Wildman–Crippen MR) is 111 cm³/mol. The largest absolute Gasteiger partial charge is 0.497 e. The zero-order valence-corrected chi connectivity index (χ0v) is 16.0. The van der Waals surface area contributed by atoms with Crippen molar-refractivity contribution in [3.8, 4) is 5.75 Å². The molecule has 1 aliphatic rings. The van der Waals surface area contributed by atoms with Crippen LogP contribution in [0, 0.1) is 0 Å². The lowest BCUT2D eigenvalue weighted by atomic mass is 9.97. The Balaban J connectivity index is 1.43. The minimum atomic E-state index is -0.0230. The molecule has 3 rings (SSSR count). The summed E-state index contributed by atoms with van der Waals surface area (Å²) in [6.07, 6.45) is 9.01. The molecule has 1 amide bonds. The number of hydrogen-bond acceptors (Lipinski definition) is 3. The van der Waals surface area contributed by atoms with Gasteiger partial charge in [-0.15, -0.1) is 0 Å².